The highest BCUT2D eigenvalue weighted by Gasteiger charge is 2.15. The maximum Gasteiger partial charge on any atom is 0.376 e. The van der Waals surface area contributed by atoms with Crippen molar-refractivity contribution in [2.45, 2.75) is 20.1 Å². The molecule has 158 valence electrons. The molecule has 0 aliphatic heterocycles. The third-order valence-electron chi connectivity index (χ3n) is 4.56. The summed E-state index contributed by atoms with van der Waals surface area (Å²) in [6.45, 7) is 2.41. The number of carbonyl (C=O) groups excluding carboxylic acids is 1. The summed E-state index contributed by atoms with van der Waals surface area (Å²) < 4.78 is 11.9. The molecule has 0 aromatic heterocycles. The largest absolute Gasteiger partial charge is 0.507 e. The molecule has 3 aromatic carbocycles. The van der Waals surface area contributed by atoms with E-state index < -0.39 is 17.5 Å². The van der Waals surface area contributed by atoms with Gasteiger partial charge in [-0.3, -0.25) is 4.79 Å². The minimum Gasteiger partial charge on any atom is -0.507 e. The van der Waals surface area contributed by atoms with Gasteiger partial charge < -0.3 is 19.7 Å². The van der Waals surface area contributed by atoms with Gasteiger partial charge in [0, 0.05) is 17.2 Å². The lowest BCUT2D eigenvalue weighted by Gasteiger charge is -2.16. The van der Waals surface area contributed by atoms with E-state index in [9.17, 15) is 14.7 Å². The SMILES string of the molecule is Cc1c(OCc2ccccc2)cc(C(O)=CC(=O)C(=O)O)cc1OCc1ccccc1. The van der Waals surface area contributed by atoms with Crippen LogP contribution >= 0.6 is 0 Å². The van der Waals surface area contributed by atoms with Crippen LogP contribution in [0.25, 0.3) is 5.76 Å². The lowest BCUT2D eigenvalue weighted by molar-refractivity contribution is -0.146. The molecule has 0 aliphatic rings. The fourth-order valence-corrected chi connectivity index (χ4v) is 2.85. The molecule has 0 saturated heterocycles. The number of benzene rings is 3. The predicted molar refractivity (Wildman–Crippen MR) is 116 cm³/mol. The zero-order chi connectivity index (χ0) is 22.2. The van der Waals surface area contributed by atoms with Crippen molar-refractivity contribution in [3.8, 4) is 11.5 Å². The molecule has 3 rings (SSSR count). The van der Waals surface area contributed by atoms with E-state index in [2.05, 4.69) is 0 Å². The second kappa shape index (κ2) is 10.1. The number of carbonyl (C=O) groups is 2. The Morgan fingerprint density at radius 3 is 1.68 bits per heavy atom. The van der Waals surface area contributed by atoms with Crippen molar-refractivity contribution in [1.82, 2.24) is 0 Å². The van der Waals surface area contributed by atoms with Crippen LogP contribution in [0.15, 0.2) is 78.9 Å². The van der Waals surface area contributed by atoms with Gasteiger partial charge in [-0.15, -0.1) is 0 Å². The zero-order valence-corrected chi connectivity index (χ0v) is 16.9. The lowest BCUT2D eigenvalue weighted by Crippen LogP contribution is -2.09. The van der Waals surface area contributed by atoms with E-state index in [4.69, 9.17) is 14.6 Å². The first kappa shape index (κ1) is 21.6. The smallest absolute Gasteiger partial charge is 0.376 e. The van der Waals surface area contributed by atoms with Gasteiger partial charge in [-0.2, -0.15) is 0 Å². The minimum atomic E-state index is -1.65. The van der Waals surface area contributed by atoms with Crippen molar-refractivity contribution in [3.05, 3.63) is 101 Å². The first-order valence-electron chi connectivity index (χ1n) is 9.60. The predicted octanol–water partition coefficient (Wildman–Crippen LogP) is 4.71. The fraction of sp³-hybridized carbons (Fsp3) is 0.120. The van der Waals surface area contributed by atoms with Gasteiger partial charge in [0.2, 0.25) is 0 Å². The van der Waals surface area contributed by atoms with E-state index >= 15 is 0 Å². The molecule has 0 unspecified atom stereocenters. The number of aliphatic carboxylic acids is 1. The molecule has 31 heavy (non-hydrogen) atoms. The number of carboxylic acids is 1. The molecule has 2 N–H and O–H groups in total. The summed E-state index contributed by atoms with van der Waals surface area (Å²) in [6, 6.07) is 22.2. The van der Waals surface area contributed by atoms with E-state index in [1.807, 2.05) is 67.6 Å². The minimum absolute atomic E-state index is 0.214. The van der Waals surface area contributed by atoms with Crippen molar-refractivity contribution in [2.75, 3.05) is 0 Å². The molecule has 0 fully saturated rings. The molecule has 0 heterocycles. The third-order valence-corrected chi connectivity index (χ3v) is 4.56. The van der Waals surface area contributed by atoms with Crippen molar-refractivity contribution >= 4 is 17.5 Å². The van der Waals surface area contributed by atoms with E-state index in [0.717, 1.165) is 11.1 Å². The number of hydrogen-bond acceptors (Lipinski definition) is 5. The van der Waals surface area contributed by atoms with Gasteiger partial charge in [-0.25, -0.2) is 4.79 Å². The van der Waals surface area contributed by atoms with Crippen LogP contribution in [0.5, 0.6) is 11.5 Å². The lowest BCUT2D eigenvalue weighted by atomic mass is 10.1. The summed E-state index contributed by atoms with van der Waals surface area (Å²) in [7, 11) is 0. The maximum absolute atomic E-state index is 11.5. The Morgan fingerprint density at radius 2 is 1.26 bits per heavy atom. The van der Waals surface area contributed by atoms with E-state index in [0.29, 0.717) is 36.4 Å². The zero-order valence-electron chi connectivity index (χ0n) is 16.9. The quantitative estimate of drug-likeness (QED) is 0.297. The highest BCUT2D eigenvalue weighted by molar-refractivity contribution is 6.38. The standard InChI is InChI=1S/C25H22O6/c1-17-23(30-15-18-8-4-2-5-9-18)12-20(21(26)14-22(27)25(28)29)13-24(17)31-16-19-10-6-3-7-11-19/h2-14,26H,15-16H2,1H3,(H,28,29). The van der Waals surface area contributed by atoms with Gasteiger partial charge in [0.15, 0.2) is 0 Å². The van der Waals surface area contributed by atoms with Crippen molar-refractivity contribution < 1.29 is 29.3 Å². The molecule has 6 heteroatoms. The van der Waals surface area contributed by atoms with E-state index in [1.54, 1.807) is 12.1 Å². The Balaban J connectivity index is 1.91. The molecular weight excluding hydrogens is 396 g/mol. The first-order valence-corrected chi connectivity index (χ1v) is 9.60. The maximum atomic E-state index is 11.5. The van der Waals surface area contributed by atoms with Crippen LogP contribution in [0.4, 0.5) is 0 Å². The van der Waals surface area contributed by atoms with Gasteiger partial charge >= 0.3 is 5.97 Å². The molecule has 3 aromatic rings. The van der Waals surface area contributed by atoms with Gasteiger partial charge in [0.05, 0.1) is 0 Å². The fourth-order valence-electron chi connectivity index (χ4n) is 2.85. The van der Waals surface area contributed by atoms with Crippen LogP contribution in [-0.2, 0) is 22.8 Å². The molecular formula is C25H22O6. The van der Waals surface area contributed by atoms with Crippen LogP contribution in [0.3, 0.4) is 0 Å². The average Bonchev–Trinajstić information content (AvgIpc) is 2.78. The summed E-state index contributed by atoms with van der Waals surface area (Å²) >= 11 is 0. The second-order valence-corrected chi connectivity index (χ2v) is 6.85. The topological polar surface area (TPSA) is 93.1 Å². The van der Waals surface area contributed by atoms with Crippen molar-refractivity contribution in [3.63, 3.8) is 0 Å². The molecule has 0 amide bonds. The highest BCUT2D eigenvalue weighted by atomic mass is 16.5. The summed E-state index contributed by atoms with van der Waals surface area (Å²) in [5.41, 5.74) is 2.85. The van der Waals surface area contributed by atoms with Gasteiger partial charge in [-0.1, -0.05) is 60.7 Å². The Hall–Kier alpha value is -4.06. The molecule has 6 nitrogen and oxygen atoms in total. The summed E-state index contributed by atoms with van der Waals surface area (Å²) in [4.78, 5) is 22.3. The summed E-state index contributed by atoms with van der Waals surface area (Å²) in [5, 5.41) is 19.1. The Kier molecular flexibility index (Phi) is 7.06. The van der Waals surface area contributed by atoms with E-state index in [1.165, 1.54) is 0 Å². The number of ether oxygens (including phenoxy) is 2. The number of aliphatic hydroxyl groups excluding tert-OH is 1. The Bertz CT molecular complexity index is 1020. The molecule has 0 bridgehead atoms. The van der Waals surface area contributed by atoms with Gasteiger partial charge in [0.25, 0.3) is 5.78 Å². The third kappa shape index (κ3) is 5.96. The number of rotatable bonds is 9. The number of hydrogen-bond donors (Lipinski definition) is 2. The number of aliphatic hydroxyl groups is 1. The number of ketones is 1. The van der Waals surface area contributed by atoms with Gasteiger partial charge in [-0.05, 0) is 30.2 Å². The molecule has 0 spiro atoms. The summed E-state index contributed by atoms with van der Waals surface area (Å²) in [5.74, 6) is -2.46. The average molecular weight is 418 g/mol. The van der Waals surface area contributed by atoms with Crippen LogP contribution in [0.1, 0.15) is 22.3 Å². The van der Waals surface area contributed by atoms with Gasteiger partial charge in [0.1, 0.15) is 30.5 Å². The Morgan fingerprint density at radius 1 is 0.806 bits per heavy atom. The van der Waals surface area contributed by atoms with Crippen LogP contribution < -0.4 is 9.47 Å². The first-order chi connectivity index (χ1) is 14.9. The van der Waals surface area contributed by atoms with E-state index in [-0.39, 0.29) is 5.56 Å². The second-order valence-electron chi connectivity index (χ2n) is 6.85. The molecule has 0 radical (unpaired) electrons. The number of carboxylic acid groups (broad SMARTS) is 1. The molecule has 0 saturated carbocycles. The highest BCUT2D eigenvalue weighted by Crippen LogP contribution is 2.33. The van der Waals surface area contributed by atoms with Crippen molar-refractivity contribution in [1.29, 1.82) is 0 Å². The van der Waals surface area contributed by atoms with Crippen molar-refractivity contribution in [2.24, 2.45) is 0 Å². The van der Waals surface area contributed by atoms with Crippen LogP contribution in [0.2, 0.25) is 0 Å². The molecule has 0 aliphatic carbocycles. The summed E-state index contributed by atoms with van der Waals surface area (Å²) in [6.07, 6.45) is 0.662. The molecule has 0 atom stereocenters. The van der Waals surface area contributed by atoms with Crippen LogP contribution in [-0.4, -0.2) is 22.0 Å². The monoisotopic (exact) mass is 418 g/mol. The van der Waals surface area contributed by atoms with Crippen LogP contribution in [0, 0.1) is 6.92 Å². The normalized spacial score (nSPS) is 11.1. The Labute approximate surface area is 180 Å².